The molecule has 1 aromatic heterocycles. The van der Waals surface area contributed by atoms with Crippen LogP contribution in [0, 0.1) is 5.92 Å². The molecule has 0 aliphatic carbocycles. The zero-order chi connectivity index (χ0) is 15.5. The fourth-order valence-corrected chi connectivity index (χ4v) is 2.84. The molecule has 1 amide bonds. The number of carbonyl (C=O) groups excluding carboxylic acids is 1. The summed E-state index contributed by atoms with van der Waals surface area (Å²) in [7, 11) is 1.60. The highest BCUT2D eigenvalue weighted by molar-refractivity contribution is 6.33. The van der Waals surface area contributed by atoms with Gasteiger partial charge in [-0.3, -0.25) is 9.48 Å². The normalized spacial score (nSPS) is 17.5. The van der Waals surface area contributed by atoms with E-state index in [0.717, 1.165) is 24.9 Å². The highest BCUT2D eigenvalue weighted by Crippen LogP contribution is 2.29. The lowest BCUT2D eigenvalue weighted by Gasteiger charge is -2.05. The van der Waals surface area contributed by atoms with Gasteiger partial charge in [0.05, 0.1) is 18.3 Å². The van der Waals surface area contributed by atoms with Crippen LogP contribution in [0.1, 0.15) is 12.8 Å². The molecule has 0 radical (unpaired) electrons. The van der Waals surface area contributed by atoms with Crippen LogP contribution in [0.5, 0.6) is 5.75 Å². The number of hydrogen-bond acceptors (Lipinski definition) is 4. The number of ether oxygens (including phenoxy) is 1. The molecule has 3 rings (SSSR count). The maximum absolute atomic E-state index is 11.5. The number of carbonyl (C=O) groups is 1. The molecule has 0 bridgehead atoms. The number of halogens is 1. The van der Waals surface area contributed by atoms with Crippen LogP contribution < -0.4 is 10.1 Å². The van der Waals surface area contributed by atoms with Crippen LogP contribution in [0.15, 0.2) is 24.4 Å². The van der Waals surface area contributed by atoms with Crippen molar-refractivity contribution in [1.82, 2.24) is 20.3 Å². The zero-order valence-corrected chi connectivity index (χ0v) is 13.0. The summed E-state index contributed by atoms with van der Waals surface area (Å²) >= 11 is 6.24. The van der Waals surface area contributed by atoms with Gasteiger partial charge in [-0.1, -0.05) is 16.8 Å². The molecular weight excluding hydrogens is 304 g/mol. The predicted octanol–water partition coefficient (Wildman–Crippen LogP) is 2.13. The molecule has 0 spiro atoms. The Balaban J connectivity index is 1.69. The lowest BCUT2D eigenvalue weighted by atomic mass is 10.0. The third kappa shape index (κ3) is 3.06. The minimum Gasteiger partial charge on any atom is -0.497 e. The van der Waals surface area contributed by atoms with Crippen molar-refractivity contribution in [1.29, 1.82) is 0 Å². The van der Waals surface area contributed by atoms with Gasteiger partial charge in [-0.25, -0.2) is 0 Å². The van der Waals surface area contributed by atoms with Crippen molar-refractivity contribution in [2.24, 2.45) is 5.92 Å². The molecule has 1 saturated heterocycles. The average molecular weight is 321 g/mol. The molecule has 1 N–H and O–H groups in total. The summed E-state index contributed by atoms with van der Waals surface area (Å²) in [5.74, 6) is 0.921. The topological polar surface area (TPSA) is 69.0 Å². The Kier molecular flexibility index (Phi) is 4.29. The molecule has 1 unspecified atom stereocenters. The summed E-state index contributed by atoms with van der Waals surface area (Å²) < 4.78 is 6.88. The van der Waals surface area contributed by atoms with E-state index in [-0.39, 0.29) is 11.8 Å². The van der Waals surface area contributed by atoms with Gasteiger partial charge in [0.1, 0.15) is 11.4 Å². The number of nitrogens with zero attached hydrogens (tertiary/aromatic N) is 3. The van der Waals surface area contributed by atoms with Crippen molar-refractivity contribution in [2.75, 3.05) is 13.7 Å². The molecule has 1 aliphatic rings. The second-order valence-electron chi connectivity index (χ2n) is 5.28. The van der Waals surface area contributed by atoms with Crippen molar-refractivity contribution in [3.63, 3.8) is 0 Å². The molecule has 6 nitrogen and oxygen atoms in total. The van der Waals surface area contributed by atoms with Crippen molar-refractivity contribution >= 4 is 17.5 Å². The number of hydrogen-bond donors (Lipinski definition) is 1. The lowest BCUT2D eigenvalue weighted by Crippen LogP contribution is -2.20. The Morgan fingerprint density at radius 2 is 2.36 bits per heavy atom. The van der Waals surface area contributed by atoms with Gasteiger partial charge >= 0.3 is 0 Å². The summed E-state index contributed by atoms with van der Waals surface area (Å²) in [6, 6.07) is 5.45. The summed E-state index contributed by atoms with van der Waals surface area (Å²) in [6.45, 7) is 1.44. The fourth-order valence-electron chi connectivity index (χ4n) is 2.57. The second-order valence-corrected chi connectivity index (χ2v) is 5.69. The number of amides is 1. The molecule has 1 aliphatic heterocycles. The number of methoxy groups -OCH3 is 1. The molecule has 2 heterocycles. The highest BCUT2D eigenvalue weighted by atomic mass is 35.5. The molecule has 22 heavy (non-hydrogen) atoms. The average Bonchev–Trinajstić information content (AvgIpc) is 3.14. The van der Waals surface area contributed by atoms with Gasteiger partial charge in [0, 0.05) is 24.6 Å². The standard InChI is InChI=1S/C15H17ClN4O2/c1-22-11-2-3-12(13(16)8-11)14-9-20(19-18-14)7-5-10-4-6-17-15(10)21/h2-3,8-10H,4-7H2,1H3,(H,17,21). The summed E-state index contributed by atoms with van der Waals surface area (Å²) in [6.07, 6.45) is 3.51. The number of nitrogens with one attached hydrogen (secondary N) is 1. The van der Waals surface area contributed by atoms with E-state index in [1.807, 2.05) is 18.3 Å². The predicted molar refractivity (Wildman–Crippen MR) is 82.8 cm³/mol. The van der Waals surface area contributed by atoms with E-state index in [1.165, 1.54) is 0 Å². The van der Waals surface area contributed by atoms with E-state index >= 15 is 0 Å². The van der Waals surface area contributed by atoms with Crippen molar-refractivity contribution in [3.8, 4) is 17.0 Å². The van der Waals surface area contributed by atoms with Crippen LogP contribution in [0.3, 0.4) is 0 Å². The van der Waals surface area contributed by atoms with Crippen LogP contribution >= 0.6 is 11.6 Å². The van der Waals surface area contributed by atoms with Gasteiger partial charge in [-0.15, -0.1) is 5.10 Å². The molecule has 0 saturated carbocycles. The minimum absolute atomic E-state index is 0.0808. The number of rotatable bonds is 5. The Labute approximate surface area is 133 Å². The third-order valence-electron chi connectivity index (χ3n) is 3.86. The molecule has 116 valence electrons. The molecule has 2 aromatic rings. The molecule has 1 atom stereocenters. The van der Waals surface area contributed by atoms with Gasteiger partial charge in [0.2, 0.25) is 5.91 Å². The molecule has 1 aromatic carbocycles. The Bertz CT molecular complexity index is 686. The van der Waals surface area contributed by atoms with Gasteiger partial charge < -0.3 is 10.1 Å². The van der Waals surface area contributed by atoms with E-state index in [2.05, 4.69) is 15.6 Å². The maximum atomic E-state index is 11.5. The Morgan fingerprint density at radius 1 is 1.50 bits per heavy atom. The summed E-state index contributed by atoms with van der Waals surface area (Å²) in [4.78, 5) is 11.5. The largest absolute Gasteiger partial charge is 0.497 e. The first-order valence-corrected chi connectivity index (χ1v) is 7.57. The first kappa shape index (κ1) is 14.8. The minimum atomic E-state index is 0.0808. The van der Waals surface area contributed by atoms with Crippen molar-refractivity contribution in [3.05, 3.63) is 29.4 Å². The first-order valence-electron chi connectivity index (χ1n) is 7.19. The van der Waals surface area contributed by atoms with Crippen LogP contribution in [0.2, 0.25) is 5.02 Å². The van der Waals surface area contributed by atoms with Crippen molar-refractivity contribution in [2.45, 2.75) is 19.4 Å². The monoisotopic (exact) mass is 320 g/mol. The second kappa shape index (κ2) is 6.36. The number of benzene rings is 1. The van der Waals surface area contributed by atoms with E-state index in [1.54, 1.807) is 17.9 Å². The van der Waals surface area contributed by atoms with E-state index in [0.29, 0.717) is 23.0 Å². The van der Waals surface area contributed by atoms with Crippen LogP contribution in [-0.2, 0) is 11.3 Å². The lowest BCUT2D eigenvalue weighted by molar-refractivity contribution is -0.122. The fraction of sp³-hybridized carbons (Fsp3) is 0.400. The van der Waals surface area contributed by atoms with E-state index in [9.17, 15) is 4.79 Å². The Morgan fingerprint density at radius 3 is 3.05 bits per heavy atom. The summed E-state index contributed by atoms with van der Waals surface area (Å²) in [5.41, 5.74) is 1.52. The summed E-state index contributed by atoms with van der Waals surface area (Å²) in [5, 5.41) is 11.7. The van der Waals surface area contributed by atoms with Crippen LogP contribution in [-0.4, -0.2) is 34.6 Å². The molecule has 1 fully saturated rings. The van der Waals surface area contributed by atoms with Gasteiger partial charge in [0.25, 0.3) is 0 Å². The highest BCUT2D eigenvalue weighted by Gasteiger charge is 2.23. The van der Waals surface area contributed by atoms with Gasteiger partial charge in [-0.2, -0.15) is 0 Å². The zero-order valence-electron chi connectivity index (χ0n) is 12.3. The van der Waals surface area contributed by atoms with Gasteiger partial charge in [0.15, 0.2) is 0 Å². The number of aryl methyl sites for hydroxylation is 1. The Hall–Kier alpha value is -2.08. The quantitative estimate of drug-likeness (QED) is 0.916. The van der Waals surface area contributed by atoms with E-state index < -0.39 is 0 Å². The molecule has 7 heteroatoms. The maximum Gasteiger partial charge on any atom is 0.223 e. The van der Waals surface area contributed by atoms with E-state index in [4.69, 9.17) is 16.3 Å². The van der Waals surface area contributed by atoms with Crippen LogP contribution in [0.25, 0.3) is 11.3 Å². The number of aromatic nitrogens is 3. The smallest absolute Gasteiger partial charge is 0.223 e. The third-order valence-corrected chi connectivity index (χ3v) is 4.17. The van der Waals surface area contributed by atoms with Crippen molar-refractivity contribution < 1.29 is 9.53 Å². The first-order chi connectivity index (χ1) is 10.7. The van der Waals surface area contributed by atoms with Crippen LogP contribution in [0.4, 0.5) is 0 Å². The molecular formula is C15H17ClN4O2. The SMILES string of the molecule is COc1ccc(-c2cn(CCC3CCNC3=O)nn2)c(Cl)c1. The van der Waals surface area contributed by atoms with Gasteiger partial charge in [-0.05, 0) is 31.0 Å².